The molecule has 4 heteroatoms. The molecule has 0 bridgehead atoms. The average molecular weight is 317 g/mol. The maximum atomic E-state index is 4.34. The quantitative estimate of drug-likeness (QED) is 0.631. The third kappa shape index (κ3) is 7.79. The lowest BCUT2D eigenvalue weighted by molar-refractivity contribution is 0.421. The fourth-order valence-corrected chi connectivity index (χ4v) is 2.40. The van der Waals surface area contributed by atoms with Crippen LogP contribution in [0.1, 0.15) is 33.6 Å². The van der Waals surface area contributed by atoms with Crippen molar-refractivity contribution in [3.63, 3.8) is 0 Å². The molecule has 0 amide bonds. The van der Waals surface area contributed by atoms with Gasteiger partial charge in [0.2, 0.25) is 0 Å². The molecule has 1 heterocycles. The van der Waals surface area contributed by atoms with Gasteiger partial charge in [-0.25, -0.2) is 4.98 Å². The summed E-state index contributed by atoms with van der Waals surface area (Å²) >= 11 is 5.21. The minimum absolute atomic E-state index is 0.237. The van der Waals surface area contributed by atoms with Gasteiger partial charge in [-0.15, -0.1) is 11.8 Å². The molecule has 1 aromatic rings. The van der Waals surface area contributed by atoms with E-state index in [9.17, 15) is 0 Å². The van der Waals surface area contributed by atoms with Gasteiger partial charge in [0.15, 0.2) is 0 Å². The molecular weight excluding hydrogens is 296 g/mol. The van der Waals surface area contributed by atoms with Crippen LogP contribution in [0.4, 0.5) is 0 Å². The van der Waals surface area contributed by atoms with Crippen LogP contribution in [0.5, 0.6) is 0 Å². The van der Waals surface area contributed by atoms with Crippen molar-refractivity contribution in [3.05, 3.63) is 22.8 Å². The smallest absolute Gasteiger partial charge is 0.0960 e. The van der Waals surface area contributed by atoms with Crippen molar-refractivity contribution in [2.75, 3.05) is 12.3 Å². The SMILES string of the molecule is CC(C)(C)NCCCCSc1ccc(Br)cn1. The molecule has 0 fully saturated rings. The number of nitrogens with zero attached hydrogens (tertiary/aromatic N) is 1. The topological polar surface area (TPSA) is 24.9 Å². The minimum Gasteiger partial charge on any atom is -0.312 e. The van der Waals surface area contributed by atoms with Gasteiger partial charge in [0.25, 0.3) is 0 Å². The van der Waals surface area contributed by atoms with E-state index in [4.69, 9.17) is 0 Å². The predicted octanol–water partition coefficient (Wildman–Crippen LogP) is 4.10. The summed E-state index contributed by atoms with van der Waals surface area (Å²) in [6.07, 6.45) is 4.30. The molecule has 0 radical (unpaired) electrons. The van der Waals surface area contributed by atoms with E-state index in [0.717, 1.165) is 21.8 Å². The first-order valence-corrected chi connectivity index (χ1v) is 7.75. The Labute approximate surface area is 117 Å². The number of hydrogen-bond donors (Lipinski definition) is 1. The van der Waals surface area contributed by atoms with Crippen molar-refractivity contribution >= 4 is 27.7 Å². The first kappa shape index (κ1) is 15.0. The normalized spacial score (nSPS) is 11.8. The minimum atomic E-state index is 0.237. The van der Waals surface area contributed by atoms with Crippen LogP contribution < -0.4 is 5.32 Å². The monoisotopic (exact) mass is 316 g/mol. The van der Waals surface area contributed by atoms with E-state index >= 15 is 0 Å². The molecule has 1 N–H and O–H groups in total. The predicted molar refractivity (Wildman–Crippen MR) is 79.7 cm³/mol. The van der Waals surface area contributed by atoms with Gasteiger partial charge in [0.05, 0.1) is 5.03 Å². The summed E-state index contributed by atoms with van der Waals surface area (Å²) in [6.45, 7) is 7.70. The molecule has 0 spiro atoms. The van der Waals surface area contributed by atoms with Crippen molar-refractivity contribution in [1.82, 2.24) is 10.3 Å². The van der Waals surface area contributed by atoms with E-state index in [-0.39, 0.29) is 5.54 Å². The fraction of sp³-hybridized carbons (Fsp3) is 0.615. The number of unbranched alkanes of at least 4 members (excludes halogenated alkanes) is 1. The summed E-state index contributed by atoms with van der Waals surface area (Å²) in [5.74, 6) is 1.14. The lowest BCUT2D eigenvalue weighted by Crippen LogP contribution is -2.36. The van der Waals surface area contributed by atoms with Gasteiger partial charge in [0, 0.05) is 16.2 Å². The third-order valence-corrected chi connectivity index (χ3v) is 3.68. The molecule has 1 rings (SSSR count). The second-order valence-electron chi connectivity index (χ2n) is 5.05. The highest BCUT2D eigenvalue weighted by Crippen LogP contribution is 2.18. The highest BCUT2D eigenvalue weighted by molar-refractivity contribution is 9.10. The number of rotatable bonds is 6. The molecule has 96 valence electrons. The van der Waals surface area contributed by atoms with Gasteiger partial charge in [-0.2, -0.15) is 0 Å². The van der Waals surface area contributed by atoms with Crippen LogP contribution in [-0.4, -0.2) is 22.8 Å². The molecule has 0 aromatic carbocycles. The summed E-state index contributed by atoms with van der Waals surface area (Å²) in [6, 6.07) is 4.10. The van der Waals surface area contributed by atoms with Crippen LogP contribution >= 0.6 is 27.7 Å². The van der Waals surface area contributed by atoms with E-state index in [1.54, 1.807) is 0 Å². The Bertz CT molecular complexity index is 319. The Morgan fingerprint density at radius 3 is 2.65 bits per heavy atom. The van der Waals surface area contributed by atoms with Gasteiger partial charge >= 0.3 is 0 Å². The van der Waals surface area contributed by atoms with E-state index in [2.05, 4.69) is 53.1 Å². The number of thioether (sulfide) groups is 1. The lowest BCUT2D eigenvalue weighted by Gasteiger charge is -2.20. The number of nitrogens with one attached hydrogen (secondary N) is 1. The van der Waals surface area contributed by atoms with Gasteiger partial charge in [-0.1, -0.05) is 0 Å². The van der Waals surface area contributed by atoms with E-state index < -0.39 is 0 Å². The summed E-state index contributed by atoms with van der Waals surface area (Å²) in [7, 11) is 0. The Kier molecular flexibility index (Phi) is 6.52. The van der Waals surface area contributed by atoms with Gasteiger partial charge in [-0.05, 0) is 74.0 Å². The summed E-state index contributed by atoms with van der Waals surface area (Å²) < 4.78 is 1.04. The second kappa shape index (κ2) is 7.39. The van der Waals surface area contributed by atoms with Crippen molar-refractivity contribution < 1.29 is 0 Å². The van der Waals surface area contributed by atoms with Crippen molar-refractivity contribution in [2.45, 2.75) is 44.2 Å². The molecule has 0 aliphatic carbocycles. The summed E-state index contributed by atoms with van der Waals surface area (Å²) in [5, 5.41) is 4.61. The Balaban J connectivity index is 2.07. The van der Waals surface area contributed by atoms with Crippen molar-refractivity contribution in [2.24, 2.45) is 0 Å². The van der Waals surface area contributed by atoms with E-state index in [0.29, 0.717) is 0 Å². The highest BCUT2D eigenvalue weighted by Gasteiger charge is 2.06. The zero-order valence-corrected chi connectivity index (χ0v) is 13.2. The van der Waals surface area contributed by atoms with Gasteiger partial charge in [-0.3, -0.25) is 0 Å². The average Bonchev–Trinajstić information content (AvgIpc) is 2.24. The molecule has 0 unspecified atom stereocenters. The molecule has 0 atom stereocenters. The summed E-state index contributed by atoms with van der Waals surface area (Å²) in [4.78, 5) is 4.34. The largest absolute Gasteiger partial charge is 0.312 e. The van der Waals surface area contributed by atoms with Crippen LogP contribution in [0, 0.1) is 0 Å². The Morgan fingerprint density at radius 1 is 1.29 bits per heavy atom. The molecular formula is C13H21BrN2S. The van der Waals surface area contributed by atoms with Gasteiger partial charge < -0.3 is 5.32 Å². The Hall–Kier alpha value is -0.0600. The first-order valence-electron chi connectivity index (χ1n) is 5.97. The van der Waals surface area contributed by atoms with E-state index in [1.165, 1.54) is 12.8 Å². The van der Waals surface area contributed by atoms with Crippen molar-refractivity contribution in [1.29, 1.82) is 0 Å². The standard InChI is InChI=1S/C13H21BrN2S/c1-13(2,3)16-8-4-5-9-17-12-7-6-11(14)10-15-12/h6-7,10,16H,4-5,8-9H2,1-3H3. The number of hydrogen-bond acceptors (Lipinski definition) is 3. The first-order chi connectivity index (χ1) is 7.97. The second-order valence-corrected chi connectivity index (χ2v) is 7.08. The fourth-order valence-electron chi connectivity index (χ4n) is 1.31. The number of halogens is 1. The molecule has 1 aromatic heterocycles. The van der Waals surface area contributed by atoms with Crippen LogP contribution in [0.15, 0.2) is 27.8 Å². The van der Waals surface area contributed by atoms with Crippen LogP contribution in [0.3, 0.4) is 0 Å². The van der Waals surface area contributed by atoms with E-state index in [1.807, 2.05) is 24.0 Å². The third-order valence-electron chi connectivity index (χ3n) is 2.18. The molecule has 0 saturated heterocycles. The zero-order chi connectivity index (χ0) is 12.7. The van der Waals surface area contributed by atoms with Crippen LogP contribution in [0.25, 0.3) is 0 Å². The number of aromatic nitrogens is 1. The highest BCUT2D eigenvalue weighted by atomic mass is 79.9. The van der Waals surface area contributed by atoms with Crippen LogP contribution in [0.2, 0.25) is 0 Å². The summed E-state index contributed by atoms with van der Waals surface area (Å²) in [5.41, 5.74) is 0.237. The molecule has 2 nitrogen and oxygen atoms in total. The lowest BCUT2D eigenvalue weighted by atomic mass is 10.1. The maximum Gasteiger partial charge on any atom is 0.0960 e. The van der Waals surface area contributed by atoms with Crippen molar-refractivity contribution in [3.8, 4) is 0 Å². The Morgan fingerprint density at radius 2 is 2.06 bits per heavy atom. The number of pyridine rings is 1. The van der Waals surface area contributed by atoms with Gasteiger partial charge in [0.1, 0.15) is 0 Å². The molecule has 0 aliphatic rings. The van der Waals surface area contributed by atoms with Crippen LogP contribution in [-0.2, 0) is 0 Å². The molecule has 17 heavy (non-hydrogen) atoms. The maximum absolute atomic E-state index is 4.34. The molecule has 0 saturated carbocycles. The zero-order valence-electron chi connectivity index (χ0n) is 10.8. The molecule has 0 aliphatic heterocycles.